The number of rotatable bonds is 17. The quantitative estimate of drug-likeness (QED) is 0.221. The number of carboxylic acids is 3. The molecule has 0 unspecified atom stereocenters. The summed E-state index contributed by atoms with van der Waals surface area (Å²) in [7, 11) is 0. The lowest BCUT2D eigenvalue weighted by molar-refractivity contribution is -0.138. The molecule has 0 amide bonds. The first kappa shape index (κ1) is 32.1. The molecule has 0 aliphatic rings. The van der Waals surface area contributed by atoms with E-state index in [9.17, 15) is 14.4 Å². The molecule has 0 atom stereocenters. The first-order chi connectivity index (χ1) is 13.8. The molecule has 29 heavy (non-hydrogen) atoms. The van der Waals surface area contributed by atoms with Crippen LogP contribution in [-0.2, 0) is 14.4 Å². The summed E-state index contributed by atoms with van der Waals surface area (Å²) in [6, 6.07) is 0. The van der Waals surface area contributed by atoms with Crippen LogP contribution in [0.2, 0.25) is 0 Å². The van der Waals surface area contributed by atoms with Crippen molar-refractivity contribution in [3.63, 3.8) is 0 Å². The average molecular weight is 419 g/mol. The lowest BCUT2D eigenvalue weighted by Gasteiger charge is -1.98. The lowest BCUT2D eigenvalue weighted by Crippen LogP contribution is -1.94. The molecule has 6 heteroatoms. The Hall–Kier alpha value is -1.59. The molecule has 0 aromatic heterocycles. The van der Waals surface area contributed by atoms with Gasteiger partial charge in [0.1, 0.15) is 0 Å². The molecule has 0 saturated carbocycles. The normalized spacial score (nSPS) is 9.62. The highest BCUT2D eigenvalue weighted by atomic mass is 16.4. The minimum atomic E-state index is -0.740. The average Bonchev–Trinajstić information content (AvgIpc) is 2.63. The van der Waals surface area contributed by atoms with Crippen LogP contribution in [0.5, 0.6) is 0 Å². The summed E-state index contributed by atoms with van der Waals surface area (Å²) < 4.78 is 0. The van der Waals surface area contributed by atoms with Crippen LogP contribution in [0, 0.1) is 0 Å². The predicted molar refractivity (Wildman–Crippen MR) is 118 cm³/mol. The number of carboxylic acid groups (broad SMARTS) is 3. The number of aliphatic carboxylic acids is 3. The Bertz CT molecular complexity index is 348. The van der Waals surface area contributed by atoms with E-state index in [1.165, 1.54) is 38.5 Å². The fraction of sp³-hybridized carbons (Fsp3) is 0.870. The van der Waals surface area contributed by atoms with E-state index in [0.29, 0.717) is 6.42 Å². The molecule has 0 bridgehead atoms. The standard InChI is InChI=1S/C10H18O4.C10H20O2.C3H8/c11-9(12)7-5-3-1-2-4-6-8-10(13)14;1-2-3-4-5-6-7-8-9-10(11)12;1-3-2/h1-8H2,(H,11,12)(H,13,14);2-9H2,1H3,(H,11,12);3H2,1-2H3. The molecule has 3 N–H and O–H groups in total. The lowest BCUT2D eigenvalue weighted by atomic mass is 10.1. The van der Waals surface area contributed by atoms with Crippen molar-refractivity contribution in [3.8, 4) is 0 Å². The molecule has 0 aromatic carbocycles. The van der Waals surface area contributed by atoms with E-state index in [2.05, 4.69) is 20.8 Å². The third-order valence-corrected chi connectivity index (χ3v) is 4.03. The van der Waals surface area contributed by atoms with Crippen molar-refractivity contribution in [1.82, 2.24) is 0 Å². The van der Waals surface area contributed by atoms with E-state index in [0.717, 1.165) is 51.4 Å². The van der Waals surface area contributed by atoms with Gasteiger partial charge in [-0.3, -0.25) is 14.4 Å². The van der Waals surface area contributed by atoms with Gasteiger partial charge in [-0.2, -0.15) is 0 Å². The van der Waals surface area contributed by atoms with E-state index in [4.69, 9.17) is 15.3 Å². The maximum Gasteiger partial charge on any atom is 0.303 e. The zero-order valence-corrected chi connectivity index (χ0v) is 19.1. The number of hydrogen-bond acceptors (Lipinski definition) is 3. The molecule has 0 aliphatic heterocycles. The first-order valence-electron chi connectivity index (χ1n) is 11.5. The Kier molecular flexibility index (Phi) is 31.7. The van der Waals surface area contributed by atoms with Gasteiger partial charge in [0.2, 0.25) is 0 Å². The molecule has 0 fully saturated rings. The molecule has 174 valence electrons. The zero-order valence-electron chi connectivity index (χ0n) is 19.1. The van der Waals surface area contributed by atoms with Gasteiger partial charge in [-0.1, -0.05) is 91.4 Å². The van der Waals surface area contributed by atoms with Crippen LogP contribution < -0.4 is 0 Å². The van der Waals surface area contributed by atoms with Crippen molar-refractivity contribution in [2.45, 2.75) is 130 Å². The van der Waals surface area contributed by atoms with Gasteiger partial charge in [-0.25, -0.2) is 0 Å². The third kappa shape index (κ3) is 46.4. The van der Waals surface area contributed by atoms with Crippen molar-refractivity contribution in [3.05, 3.63) is 0 Å². The van der Waals surface area contributed by atoms with Crippen molar-refractivity contribution >= 4 is 17.9 Å². The van der Waals surface area contributed by atoms with Gasteiger partial charge in [-0.15, -0.1) is 0 Å². The first-order valence-corrected chi connectivity index (χ1v) is 11.5. The maximum atomic E-state index is 10.1. The van der Waals surface area contributed by atoms with Gasteiger partial charge >= 0.3 is 17.9 Å². The monoisotopic (exact) mass is 418 g/mol. The summed E-state index contributed by atoms with van der Waals surface area (Å²) in [6.45, 7) is 6.45. The largest absolute Gasteiger partial charge is 0.481 e. The van der Waals surface area contributed by atoms with Crippen LogP contribution in [0.4, 0.5) is 0 Å². The second-order valence-electron chi connectivity index (χ2n) is 7.38. The molecule has 0 radical (unpaired) electrons. The van der Waals surface area contributed by atoms with Crippen molar-refractivity contribution in [1.29, 1.82) is 0 Å². The summed E-state index contributed by atoms with van der Waals surface area (Å²) in [5.41, 5.74) is 0. The van der Waals surface area contributed by atoms with Crippen molar-refractivity contribution in [2.24, 2.45) is 0 Å². The van der Waals surface area contributed by atoms with Gasteiger partial charge in [0.05, 0.1) is 0 Å². The van der Waals surface area contributed by atoms with Crippen LogP contribution in [0.3, 0.4) is 0 Å². The molecule has 0 aromatic rings. The van der Waals surface area contributed by atoms with E-state index >= 15 is 0 Å². The Labute approximate surface area is 178 Å². The van der Waals surface area contributed by atoms with Crippen LogP contribution in [0.1, 0.15) is 130 Å². The minimum absolute atomic E-state index is 0.245. The highest BCUT2D eigenvalue weighted by Crippen LogP contribution is 2.09. The highest BCUT2D eigenvalue weighted by Gasteiger charge is 1.98. The van der Waals surface area contributed by atoms with Crippen molar-refractivity contribution < 1.29 is 29.7 Å². The zero-order chi connectivity index (χ0) is 22.8. The Balaban J connectivity index is -0.000000414. The fourth-order valence-electron chi connectivity index (χ4n) is 2.49. The molecule has 0 heterocycles. The smallest absolute Gasteiger partial charge is 0.303 e. The molecule has 6 nitrogen and oxygen atoms in total. The summed E-state index contributed by atoms with van der Waals surface area (Å²) >= 11 is 0. The Morgan fingerprint density at radius 2 is 0.655 bits per heavy atom. The van der Waals surface area contributed by atoms with Gasteiger partial charge in [-0.05, 0) is 19.3 Å². The number of unbranched alkanes of at least 4 members (excludes halogenated alkanes) is 11. The summed E-state index contributed by atoms with van der Waals surface area (Å²) in [5.74, 6) is -2.14. The van der Waals surface area contributed by atoms with Gasteiger partial charge in [0, 0.05) is 19.3 Å². The van der Waals surface area contributed by atoms with E-state index in [-0.39, 0.29) is 12.8 Å². The Morgan fingerprint density at radius 1 is 0.448 bits per heavy atom. The molecule has 0 spiro atoms. The molecule has 0 rings (SSSR count). The summed E-state index contributed by atoms with van der Waals surface area (Å²) in [5, 5.41) is 25.1. The summed E-state index contributed by atoms with van der Waals surface area (Å²) in [4.78, 5) is 30.4. The molecule has 0 saturated heterocycles. The second-order valence-corrected chi connectivity index (χ2v) is 7.38. The van der Waals surface area contributed by atoms with Crippen LogP contribution >= 0.6 is 0 Å². The fourth-order valence-corrected chi connectivity index (χ4v) is 2.49. The number of hydrogen-bond donors (Lipinski definition) is 3. The minimum Gasteiger partial charge on any atom is -0.481 e. The molecule has 0 aliphatic carbocycles. The van der Waals surface area contributed by atoms with Crippen LogP contribution in [-0.4, -0.2) is 33.2 Å². The van der Waals surface area contributed by atoms with Gasteiger partial charge in [0.15, 0.2) is 0 Å². The molecular weight excluding hydrogens is 372 g/mol. The maximum absolute atomic E-state index is 10.1. The van der Waals surface area contributed by atoms with Gasteiger partial charge in [0.25, 0.3) is 0 Å². The van der Waals surface area contributed by atoms with Crippen molar-refractivity contribution in [2.75, 3.05) is 0 Å². The highest BCUT2D eigenvalue weighted by molar-refractivity contribution is 5.67. The third-order valence-electron chi connectivity index (χ3n) is 4.03. The second kappa shape index (κ2) is 28.6. The topological polar surface area (TPSA) is 112 Å². The van der Waals surface area contributed by atoms with Crippen LogP contribution in [0.25, 0.3) is 0 Å². The number of carbonyl (C=O) groups is 3. The molecular formula is C23H46O6. The van der Waals surface area contributed by atoms with Crippen LogP contribution in [0.15, 0.2) is 0 Å². The SMILES string of the molecule is CCC.CCCCCCCCCC(=O)O.O=C(O)CCCCCCCCC(=O)O. The van der Waals surface area contributed by atoms with E-state index in [1.807, 2.05) is 0 Å². The summed E-state index contributed by atoms with van der Waals surface area (Å²) in [6.07, 6.45) is 15.7. The predicted octanol–water partition coefficient (Wildman–Crippen LogP) is 6.90. The van der Waals surface area contributed by atoms with E-state index in [1.54, 1.807) is 0 Å². The van der Waals surface area contributed by atoms with Gasteiger partial charge < -0.3 is 15.3 Å². The Morgan fingerprint density at radius 3 is 0.862 bits per heavy atom. The van der Waals surface area contributed by atoms with E-state index < -0.39 is 17.9 Å².